The summed E-state index contributed by atoms with van der Waals surface area (Å²) in [4.78, 5) is 23.5. The fraction of sp³-hybridized carbons (Fsp3) is 0.158. The largest absolute Gasteiger partial charge is 0.483 e. The van der Waals surface area contributed by atoms with E-state index in [1.165, 1.54) is 6.08 Å². The second kappa shape index (κ2) is 9.27. The molecule has 0 spiro atoms. The van der Waals surface area contributed by atoms with Crippen molar-refractivity contribution in [2.24, 2.45) is 0 Å². The van der Waals surface area contributed by atoms with Crippen LogP contribution in [-0.2, 0) is 9.59 Å². The van der Waals surface area contributed by atoms with Crippen LogP contribution >= 0.6 is 23.2 Å². The SMILES string of the molecule is Cc1cccc(C)c1OCC(=O)NNC(=O)/C=C/c1ccc(Cl)c(Cl)c1. The van der Waals surface area contributed by atoms with E-state index in [1.54, 1.807) is 24.3 Å². The molecule has 0 heterocycles. The predicted octanol–water partition coefficient (Wildman–Crippen LogP) is 3.85. The highest BCUT2D eigenvalue weighted by molar-refractivity contribution is 6.42. The van der Waals surface area contributed by atoms with Crippen molar-refractivity contribution in [2.75, 3.05) is 6.61 Å². The number of amides is 2. The van der Waals surface area contributed by atoms with Gasteiger partial charge >= 0.3 is 0 Å². The summed E-state index contributed by atoms with van der Waals surface area (Å²) >= 11 is 11.7. The van der Waals surface area contributed by atoms with Crippen molar-refractivity contribution < 1.29 is 14.3 Å². The van der Waals surface area contributed by atoms with E-state index in [2.05, 4.69) is 10.9 Å². The van der Waals surface area contributed by atoms with Gasteiger partial charge in [-0.2, -0.15) is 0 Å². The van der Waals surface area contributed by atoms with E-state index in [0.717, 1.165) is 11.1 Å². The third-order valence-corrected chi connectivity index (χ3v) is 4.19. The van der Waals surface area contributed by atoms with Crippen molar-refractivity contribution in [1.29, 1.82) is 0 Å². The zero-order valence-electron chi connectivity index (χ0n) is 14.3. The number of ether oxygens (including phenoxy) is 1. The number of hydrazine groups is 1. The molecule has 7 heteroatoms. The monoisotopic (exact) mass is 392 g/mol. The number of nitrogens with one attached hydrogen (secondary N) is 2. The van der Waals surface area contributed by atoms with Gasteiger partial charge in [-0.15, -0.1) is 0 Å². The highest BCUT2D eigenvalue weighted by atomic mass is 35.5. The molecule has 2 N–H and O–H groups in total. The van der Waals surface area contributed by atoms with Crippen LogP contribution in [0.15, 0.2) is 42.5 Å². The van der Waals surface area contributed by atoms with Gasteiger partial charge in [0, 0.05) is 6.08 Å². The number of halogens is 2. The summed E-state index contributed by atoms with van der Waals surface area (Å²) < 4.78 is 5.51. The van der Waals surface area contributed by atoms with Crippen LogP contribution in [-0.4, -0.2) is 18.4 Å². The first-order valence-electron chi connectivity index (χ1n) is 7.78. The van der Waals surface area contributed by atoms with Crippen molar-refractivity contribution in [3.63, 3.8) is 0 Å². The average molecular weight is 393 g/mol. The number of hydrogen-bond acceptors (Lipinski definition) is 3. The summed E-state index contributed by atoms with van der Waals surface area (Å²) in [7, 11) is 0. The van der Waals surface area contributed by atoms with Crippen LogP contribution in [0.3, 0.4) is 0 Å². The Labute approximate surface area is 161 Å². The fourth-order valence-corrected chi connectivity index (χ4v) is 2.47. The van der Waals surface area contributed by atoms with Crippen LogP contribution < -0.4 is 15.6 Å². The first-order valence-corrected chi connectivity index (χ1v) is 8.53. The Morgan fingerprint density at radius 3 is 2.38 bits per heavy atom. The summed E-state index contributed by atoms with van der Waals surface area (Å²) in [5.74, 6) is -0.297. The van der Waals surface area contributed by atoms with Gasteiger partial charge in [0.1, 0.15) is 5.75 Å². The van der Waals surface area contributed by atoms with Crippen molar-refractivity contribution >= 4 is 41.1 Å². The summed E-state index contributed by atoms with van der Waals surface area (Å²) in [6.07, 6.45) is 2.82. The minimum absolute atomic E-state index is 0.206. The van der Waals surface area contributed by atoms with Gasteiger partial charge in [-0.25, -0.2) is 0 Å². The van der Waals surface area contributed by atoms with Crippen LogP contribution in [0, 0.1) is 13.8 Å². The quantitative estimate of drug-likeness (QED) is 0.599. The molecule has 2 rings (SSSR count). The summed E-state index contributed by atoms with van der Waals surface area (Å²) in [5, 5.41) is 0.829. The van der Waals surface area contributed by atoms with E-state index < -0.39 is 11.8 Å². The molecule has 2 aromatic rings. The maximum absolute atomic E-state index is 11.8. The average Bonchev–Trinajstić information content (AvgIpc) is 2.60. The number of carbonyl (C=O) groups is 2. The molecule has 2 amide bonds. The van der Waals surface area contributed by atoms with Crippen molar-refractivity contribution in [3.05, 3.63) is 69.2 Å². The van der Waals surface area contributed by atoms with Crippen molar-refractivity contribution in [1.82, 2.24) is 10.9 Å². The fourth-order valence-electron chi connectivity index (χ4n) is 2.16. The van der Waals surface area contributed by atoms with Gasteiger partial charge in [0.15, 0.2) is 6.61 Å². The smallest absolute Gasteiger partial charge is 0.276 e. The molecule has 0 saturated heterocycles. The predicted molar refractivity (Wildman–Crippen MR) is 103 cm³/mol. The van der Waals surface area contributed by atoms with E-state index in [-0.39, 0.29) is 6.61 Å². The molecule has 0 bridgehead atoms. The van der Waals surface area contributed by atoms with Gasteiger partial charge < -0.3 is 4.74 Å². The third kappa shape index (κ3) is 5.79. The maximum atomic E-state index is 11.8. The molecule has 0 unspecified atom stereocenters. The molecule has 5 nitrogen and oxygen atoms in total. The molecule has 26 heavy (non-hydrogen) atoms. The molecule has 0 aliphatic carbocycles. The maximum Gasteiger partial charge on any atom is 0.276 e. The molecule has 0 aliphatic heterocycles. The number of hydrogen-bond donors (Lipinski definition) is 2. The number of benzene rings is 2. The standard InChI is InChI=1S/C19H18Cl2N2O3/c1-12-4-3-5-13(2)19(12)26-11-18(25)23-22-17(24)9-7-14-6-8-15(20)16(21)10-14/h3-10H,11H2,1-2H3,(H,22,24)(H,23,25)/b9-7+. The third-order valence-electron chi connectivity index (χ3n) is 3.45. The van der Waals surface area contributed by atoms with Gasteiger partial charge in [-0.3, -0.25) is 20.4 Å². The molecular formula is C19H18Cl2N2O3. The van der Waals surface area contributed by atoms with Gasteiger partial charge in [0.2, 0.25) is 0 Å². The van der Waals surface area contributed by atoms with Gasteiger partial charge in [-0.05, 0) is 48.7 Å². The first-order chi connectivity index (χ1) is 12.4. The van der Waals surface area contributed by atoms with E-state index in [1.807, 2.05) is 32.0 Å². The molecular weight excluding hydrogens is 375 g/mol. The summed E-state index contributed by atoms with van der Waals surface area (Å²) in [6.45, 7) is 3.59. The van der Waals surface area contributed by atoms with Gasteiger partial charge in [0.05, 0.1) is 10.0 Å². The van der Waals surface area contributed by atoms with Crippen LogP contribution in [0.25, 0.3) is 6.08 Å². The Morgan fingerprint density at radius 1 is 1.04 bits per heavy atom. The Hall–Kier alpha value is -2.50. The Kier molecular flexibility index (Phi) is 7.06. The first kappa shape index (κ1) is 19.8. The minimum Gasteiger partial charge on any atom is -0.483 e. The molecule has 2 aromatic carbocycles. The molecule has 0 fully saturated rings. The second-order valence-corrected chi connectivity index (χ2v) is 6.37. The zero-order valence-corrected chi connectivity index (χ0v) is 15.8. The van der Waals surface area contributed by atoms with Gasteiger partial charge in [-0.1, -0.05) is 47.5 Å². The van der Waals surface area contributed by atoms with Crippen molar-refractivity contribution in [3.8, 4) is 5.75 Å². The lowest BCUT2D eigenvalue weighted by Crippen LogP contribution is -2.43. The number of para-hydroxylation sites is 1. The normalized spacial score (nSPS) is 10.6. The Morgan fingerprint density at radius 2 is 1.73 bits per heavy atom. The number of carbonyl (C=O) groups excluding carboxylic acids is 2. The molecule has 0 aromatic heterocycles. The summed E-state index contributed by atoms with van der Waals surface area (Å²) in [5.41, 5.74) is 7.15. The summed E-state index contributed by atoms with van der Waals surface area (Å²) in [6, 6.07) is 10.7. The van der Waals surface area contributed by atoms with E-state index in [0.29, 0.717) is 21.4 Å². The van der Waals surface area contributed by atoms with Crippen molar-refractivity contribution in [2.45, 2.75) is 13.8 Å². The highest BCUT2D eigenvalue weighted by Gasteiger charge is 2.07. The topological polar surface area (TPSA) is 67.4 Å². The lowest BCUT2D eigenvalue weighted by atomic mass is 10.1. The lowest BCUT2D eigenvalue weighted by Gasteiger charge is -2.11. The van der Waals surface area contributed by atoms with Crippen LogP contribution in [0.5, 0.6) is 5.75 Å². The zero-order chi connectivity index (χ0) is 19.1. The van der Waals surface area contributed by atoms with Crippen LogP contribution in [0.2, 0.25) is 10.0 Å². The number of rotatable bonds is 5. The number of aryl methyl sites for hydroxylation is 2. The minimum atomic E-state index is -0.489. The van der Waals surface area contributed by atoms with Crippen LogP contribution in [0.1, 0.15) is 16.7 Å². The molecule has 0 saturated carbocycles. The Bertz CT molecular complexity index is 830. The molecule has 0 radical (unpaired) electrons. The molecule has 0 aliphatic rings. The lowest BCUT2D eigenvalue weighted by molar-refractivity contribution is -0.128. The van der Waals surface area contributed by atoms with E-state index in [4.69, 9.17) is 27.9 Å². The van der Waals surface area contributed by atoms with E-state index >= 15 is 0 Å². The Balaban J connectivity index is 1.80. The second-order valence-electron chi connectivity index (χ2n) is 5.55. The highest BCUT2D eigenvalue weighted by Crippen LogP contribution is 2.23. The van der Waals surface area contributed by atoms with E-state index in [9.17, 15) is 9.59 Å². The van der Waals surface area contributed by atoms with Crippen LogP contribution in [0.4, 0.5) is 0 Å². The van der Waals surface area contributed by atoms with Gasteiger partial charge in [0.25, 0.3) is 11.8 Å². The molecule has 136 valence electrons. The molecule has 0 atom stereocenters.